The maximum absolute atomic E-state index is 4.76. The summed E-state index contributed by atoms with van der Waals surface area (Å²) in [6.45, 7) is 7.20. The Hall–Kier alpha value is -1.23. The highest BCUT2D eigenvalue weighted by molar-refractivity contribution is 7.15. The van der Waals surface area contributed by atoms with Gasteiger partial charge in [0.05, 0.1) is 15.6 Å². The fourth-order valence-corrected chi connectivity index (χ4v) is 3.25. The molecule has 0 radical (unpaired) electrons. The molecule has 1 fully saturated rings. The van der Waals surface area contributed by atoms with E-state index in [4.69, 9.17) is 4.98 Å². The zero-order valence-corrected chi connectivity index (χ0v) is 12.6. The van der Waals surface area contributed by atoms with Crippen molar-refractivity contribution in [3.8, 4) is 10.7 Å². The maximum Gasteiger partial charge on any atom is 0.170 e. The van der Waals surface area contributed by atoms with Gasteiger partial charge in [-0.05, 0) is 39.0 Å². The van der Waals surface area contributed by atoms with E-state index >= 15 is 0 Å². The number of thiazole rings is 1. The molecule has 0 amide bonds. The molecule has 0 aliphatic heterocycles. The molecule has 2 aromatic rings. The summed E-state index contributed by atoms with van der Waals surface area (Å²) < 4.78 is 2.03. The van der Waals surface area contributed by atoms with Crippen LogP contribution >= 0.6 is 11.3 Å². The molecule has 2 aromatic heterocycles. The number of hydrogen-bond donors (Lipinski definition) is 0. The minimum Gasteiger partial charge on any atom is -0.246 e. The summed E-state index contributed by atoms with van der Waals surface area (Å²) in [6.07, 6.45) is 4.71. The average Bonchev–Trinajstić information content (AvgIpc) is 2.99. The van der Waals surface area contributed by atoms with Crippen molar-refractivity contribution in [3.05, 3.63) is 16.5 Å². The summed E-state index contributed by atoms with van der Waals surface area (Å²) >= 11 is 1.76. The summed E-state index contributed by atoms with van der Waals surface area (Å²) in [5.74, 6) is 2.84. The van der Waals surface area contributed by atoms with Crippen molar-refractivity contribution in [2.75, 3.05) is 0 Å². The van der Waals surface area contributed by atoms with Crippen LogP contribution in [0, 0.1) is 12.8 Å². The Morgan fingerprint density at radius 1 is 1.26 bits per heavy atom. The van der Waals surface area contributed by atoms with Crippen LogP contribution in [0.2, 0.25) is 0 Å². The summed E-state index contributed by atoms with van der Waals surface area (Å²) in [7, 11) is 0. The second kappa shape index (κ2) is 5.04. The highest BCUT2D eigenvalue weighted by Gasteiger charge is 2.25. The van der Waals surface area contributed by atoms with Crippen LogP contribution in [0.3, 0.4) is 0 Å². The zero-order valence-electron chi connectivity index (χ0n) is 11.8. The minimum absolute atomic E-state index is 0.828. The third kappa shape index (κ3) is 2.56. The van der Waals surface area contributed by atoms with Crippen LogP contribution in [-0.2, 0) is 19.4 Å². The van der Waals surface area contributed by atoms with Crippen molar-refractivity contribution in [2.45, 2.75) is 53.0 Å². The summed E-state index contributed by atoms with van der Waals surface area (Å²) in [6, 6.07) is 0. The lowest BCUT2D eigenvalue weighted by Crippen LogP contribution is -2.00. The number of aryl methyl sites for hydroxylation is 3. The van der Waals surface area contributed by atoms with Gasteiger partial charge in [0, 0.05) is 13.0 Å². The predicted molar refractivity (Wildman–Crippen MR) is 77.3 cm³/mol. The first-order valence-electron chi connectivity index (χ1n) is 7.11. The van der Waals surface area contributed by atoms with Gasteiger partial charge in [0.25, 0.3) is 0 Å². The lowest BCUT2D eigenvalue weighted by molar-refractivity contribution is 0.645. The SMILES string of the molecule is CCc1nc(C)c(-c2nc(CC3CC3)nn2CC)s1. The first-order valence-corrected chi connectivity index (χ1v) is 7.93. The van der Waals surface area contributed by atoms with Gasteiger partial charge in [-0.25, -0.2) is 14.6 Å². The Labute approximate surface area is 117 Å². The van der Waals surface area contributed by atoms with Crippen LogP contribution in [0.25, 0.3) is 10.7 Å². The van der Waals surface area contributed by atoms with E-state index in [1.807, 2.05) is 4.68 Å². The van der Waals surface area contributed by atoms with Crippen molar-refractivity contribution < 1.29 is 0 Å². The van der Waals surface area contributed by atoms with Crippen LogP contribution in [0.15, 0.2) is 0 Å². The summed E-state index contributed by atoms with van der Waals surface area (Å²) in [5, 5.41) is 5.83. The molecule has 0 spiro atoms. The van der Waals surface area contributed by atoms with E-state index in [9.17, 15) is 0 Å². The molecule has 1 aliphatic rings. The molecule has 5 heteroatoms. The van der Waals surface area contributed by atoms with Gasteiger partial charge < -0.3 is 0 Å². The molecule has 0 unspecified atom stereocenters. The highest BCUT2D eigenvalue weighted by atomic mass is 32.1. The lowest BCUT2D eigenvalue weighted by atomic mass is 10.3. The Morgan fingerprint density at radius 2 is 2.05 bits per heavy atom. The molecular weight excluding hydrogens is 256 g/mol. The molecule has 0 aromatic carbocycles. The third-order valence-electron chi connectivity index (χ3n) is 3.53. The minimum atomic E-state index is 0.828. The second-order valence-corrected chi connectivity index (χ2v) is 6.27. The van der Waals surface area contributed by atoms with Crippen molar-refractivity contribution in [1.82, 2.24) is 19.7 Å². The number of nitrogens with zero attached hydrogens (tertiary/aromatic N) is 4. The van der Waals surface area contributed by atoms with E-state index in [1.165, 1.54) is 22.7 Å². The second-order valence-electron chi connectivity index (χ2n) is 5.19. The Morgan fingerprint density at radius 3 is 2.63 bits per heavy atom. The highest BCUT2D eigenvalue weighted by Crippen LogP contribution is 2.33. The standard InChI is InChI=1S/C14H20N4S/c1-4-12-15-9(3)13(19-12)14-16-11(8-10-6-7-10)17-18(14)5-2/h10H,4-8H2,1-3H3. The molecule has 4 nitrogen and oxygen atoms in total. The molecule has 102 valence electrons. The maximum atomic E-state index is 4.76. The molecule has 1 saturated carbocycles. The molecule has 19 heavy (non-hydrogen) atoms. The molecule has 0 atom stereocenters. The van der Waals surface area contributed by atoms with Crippen LogP contribution < -0.4 is 0 Å². The van der Waals surface area contributed by atoms with Gasteiger partial charge in [-0.15, -0.1) is 11.3 Å². The zero-order chi connectivity index (χ0) is 13.4. The molecule has 2 heterocycles. The van der Waals surface area contributed by atoms with Crippen LogP contribution in [-0.4, -0.2) is 19.7 Å². The monoisotopic (exact) mass is 276 g/mol. The Kier molecular flexibility index (Phi) is 3.39. The first kappa shape index (κ1) is 12.8. The number of rotatable bonds is 5. The van der Waals surface area contributed by atoms with E-state index in [1.54, 1.807) is 11.3 Å². The topological polar surface area (TPSA) is 43.6 Å². The van der Waals surface area contributed by atoms with E-state index in [2.05, 4.69) is 30.9 Å². The molecule has 0 bridgehead atoms. The molecule has 0 N–H and O–H groups in total. The van der Waals surface area contributed by atoms with Gasteiger partial charge in [-0.2, -0.15) is 5.10 Å². The van der Waals surface area contributed by atoms with Gasteiger partial charge in [0.1, 0.15) is 0 Å². The molecule has 0 saturated heterocycles. The summed E-state index contributed by atoms with van der Waals surface area (Å²) in [5.41, 5.74) is 1.09. The summed E-state index contributed by atoms with van der Waals surface area (Å²) in [4.78, 5) is 10.6. The average molecular weight is 276 g/mol. The fraction of sp³-hybridized carbons (Fsp3) is 0.643. The van der Waals surface area contributed by atoms with E-state index in [-0.39, 0.29) is 0 Å². The Balaban J connectivity index is 1.96. The van der Waals surface area contributed by atoms with Gasteiger partial charge >= 0.3 is 0 Å². The molecule has 1 aliphatic carbocycles. The quantitative estimate of drug-likeness (QED) is 0.842. The van der Waals surface area contributed by atoms with Crippen LogP contribution in [0.4, 0.5) is 0 Å². The number of aromatic nitrogens is 4. The fourth-order valence-electron chi connectivity index (χ4n) is 2.26. The number of hydrogen-bond acceptors (Lipinski definition) is 4. The van der Waals surface area contributed by atoms with Gasteiger partial charge in [-0.3, -0.25) is 0 Å². The van der Waals surface area contributed by atoms with Crippen molar-refractivity contribution >= 4 is 11.3 Å². The van der Waals surface area contributed by atoms with Gasteiger partial charge in [0.2, 0.25) is 0 Å². The van der Waals surface area contributed by atoms with Crippen molar-refractivity contribution in [3.63, 3.8) is 0 Å². The van der Waals surface area contributed by atoms with Gasteiger partial charge in [-0.1, -0.05) is 6.92 Å². The Bertz CT molecular complexity index is 580. The smallest absolute Gasteiger partial charge is 0.170 e. The first-order chi connectivity index (χ1) is 9.21. The van der Waals surface area contributed by atoms with Crippen molar-refractivity contribution in [1.29, 1.82) is 0 Å². The molecular formula is C14H20N4S. The van der Waals surface area contributed by atoms with Gasteiger partial charge in [0.15, 0.2) is 11.6 Å². The lowest BCUT2D eigenvalue weighted by Gasteiger charge is -1.99. The van der Waals surface area contributed by atoms with Crippen molar-refractivity contribution in [2.24, 2.45) is 5.92 Å². The van der Waals surface area contributed by atoms with E-state index in [0.717, 1.165) is 42.6 Å². The van der Waals surface area contributed by atoms with Crippen LogP contribution in [0.1, 0.15) is 43.2 Å². The van der Waals surface area contributed by atoms with Crippen LogP contribution in [0.5, 0.6) is 0 Å². The largest absolute Gasteiger partial charge is 0.246 e. The van der Waals surface area contributed by atoms with E-state index < -0.39 is 0 Å². The predicted octanol–water partition coefficient (Wildman–Crippen LogP) is 3.24. The third-order valence-corrected chi connectivity index (χ3v) is 4.83. The van der Waals surface area contributed by atoms with E-state index in [0.29, 0.717) is 0 Å². The normalized spacial score (nSPS) is 15.1. The molecule has 3 rings (SSSR count).